The quantitative estimate of drug-likeness (QED) is 0.867. The molecule has 1 heterocycles. The first-order valence-corrected chi connectivity index (χ1v) is 8.77. The smallest absolute Gasteiger partial charge is 0.238 e. The van der Waals surface area contributed by atoms with Crippen molar-refractivity contribution in [1.29, 1.82) is 0 Å². The lowest BCUT2D eigenvalue weighted by atomic mass is 9.86. The fourth-order valence-corrected chi connectivity index (χ4v) is 4.85. The number of amides is 1. The minimum atomic E-state index is -3.65. The number of carbonyl (C=O) groups excluding carboxylic acids is 1. The van der Waals surface area contributed by atoms with Gasteiger partial charge in [0.05, 0.1) is 21.8 Å². The molecule has 0 fully saturated rings. The van der Waals surface area contributed by atoms with Crippen molar-refractivity contribution < 1.29 is 17.6 Å². The van der Waals surface area contributed by atoms with E-state index in [1.165, 1.54) is 42.3 Å². The number of sulfone groups is 1. The summed E-state index contributed by atoms with van der Waals surface area (Å²) in [6.07, 6.45) is 0. The molecule has 120 valence electrons. The predicted molar refractivity (Wildman–Crippen MR) is 85.7 cm³/mol. The Balaban J connectivity index is 2.08. The predicted octanol–water partition coefficient (Wildman–Crippen LogP) is 2.53. The van der Waals surface area contributed by atoms with Crippen molar-refractivity contribution in [3.05, 3.63) is 59.9 Å². The summed E-state index contributed by atoms with van der Waals surface area (Å²) in [5, 5.41) is 0. The van der Waals surface area contributed by atoms with Gasteiger partial charge in [-0.15, -0.1) is 0 Å². The van der Waals surface area contributed by atoms with Gasteiger partial charge in [0.2, 0.25) is 5.91 Å². The Hall–Kier alpha value is -2.21. The molecule has 0 N–H and O–H groups in total. The Bertz CT molecular complexity index is 880. The highest BCUT2D eigenvalue weighted by atomic mass is 32.2. The van der Waals surface area contributed by atoms with Crippen molar-refractivity contribution in [3.8, 4) is 0 Å². The number of hydrogen-bond acceptors (Lipinski definition) is 3. The van der Waals surface area contributed by atoms with Crippen molar-refractivity contribution in [2.45, 2.75) is 17.2 Å². The summed E-state index contributed by atoms with van der Waals surface area (Å²) in [6, 6.07) is 12.0. The third-order valence-electron chi connectivity index (χ3n) is 4.27. The van der Waals surface area contributed by atoms with Crippen LogP contribution in [0.3, 0.4) is 0 Å². The molecule has 1 unspecified atom stereocenters. The summed E-state index contributed by atoms with van der Waals surface area (Å²) >= 11 is 0. The molecule has 2 aromatic carbocycles. The molecular weight excluding hydrogens is 317 g/mol. The molecule has 0 saturated carbocycles. The zero-order valence-corrected chi connectivity index (χ0v) is 13.6. The maximum atomic E-state index is 13.5. The number of likely N-dealkylation sites (N-methyl/N-ethyl adjacent to an activating group) is 1. The summed E-state index contributed by atoms with van der Waals surface area (Å²) in [5.41, 5.74) is -0.279. The number of hydrogen-bond donors (Lipinski definition) is 0. The standard InChI is InChI=1S/C17H16FNO3S/c1-17(11-23(21,22)13-6-4-3-5-7-13)14-9-8-12(18)10-15(14)19(2)16(17)20/h3-10H,11H2,1-2H3. The highest BCUT2D eigenvalue weighted by Crippen LogP contribution is 2.42. The third kappa shape index (κ3) is 2.43. The molecule has 4 nitrogen and oxygen atoms in total. The SMILES string of the molecule is CN1C(=O)C(C)(CS(=O)(=O)c2ccccc2)c2ccc(F)cc21. The Kier molecular flexibility index (Phi) is 3.52. The first-order valence-electron chi connectivity index (χ1n) is 7.12. The molecule has 1 aliphatic heterocycles. The van der Waals surface area contributed by atoms with Crippen LogP contribution in [0.15, 0.2) is 53.4 Å². The van der Waals surface area contributed by atoms with Gasteiger partial charge in [0.1, 0.15) is 5.82 Å². The van der Waals surface area contributed by atoms with Gasteiger partial charge in [-0.1, -0.05) is 24.3 Å². The number of anilines is 1. The van der Waals surface area contributed by atoms with E-state index in [9.17, 15) is 17.6 Å². The van der Waals surface area contributed by atoms with Gasteiger partial charge in [0, 0.05) is 7.05 Å². The lowest BCUT2D eigenvalue weighted by Crippen LogP contribution is -2.41. The zero-order valence-electron chi connectivity index (χ0n) is 12.8. The average molecular weight is 333 g/mol. The fourth-order valence-electron chi connectivity index (χ4n) is 3.07. The largest absolute Gasteiger partial charge is 0.314 e. The van der Waals surface area contributed by atoms with Crippen LogP contribution in [-0.4, -0.2) is 27.1 Å². The van der Waals surface area contributed by atoms with Gasteiger partial charge in [-0.05, 0) is 36.8 Å². The Morgan fingerprint density at radius 3 is 2.43 bits per heavy atom. The van der Waals surface area contributed by atoms with Crippen LogP contribution in [0, 0.1) is 5.82 Å². The number of rotatable bonds is 3. The van der Waals surface area contributed by atoms with Gasteiger partial charge in [0.15, 0.2) is 9.84 Å². The summed E-state index contributed by atoms with van der Waals surface area (Å²) in [5.74, 6) is -1.16. The minimum Gasteiger partial charge on any atom is -0.314 e. The van der Waals surface area contributed by atoms with Crippen LogP contribution >= 0.6 is 0 Å². The Morgan fingerprint density at radius 1 is 1.13 bits per heavy atom. The van der Waals surface area contributed by atoms with Crippen molar-refractivity contribution in [1.82, 2.24) is 0 Å². The highest BCUT2D eigenvalue weighted by molar-refractivity contribution is 7.91. The molecule has 1 aliphatic rings. The van der Waals surface area contributed by atoms with E-state index in [4.69, 9.17) is 0 Å². The Labute approximate surface area is 134 Å². The molecule has 0 aromatic heterocycles. The van der Waals surface area contributed by atoms with Crippen molar-refractivity contribution in [2.75, 3.05) is 17.7 Å². The Morgan fingerprint density at radius 2 is 1.78 bits per heavy atom. The molecular formula is C17H16FNO3S. The summed E-state index contributed by atoms with van der Waals surface area (Å²) < 4.78 is 38.8. The maximum Gasteiger partial charge on any atom is 0.238 e. The molecule has 1 amide bonds. The molecule has 1 atom stereocenters. The van der Waals surface area contributed by atoms with Crippen molar-refractivity contribution in [3.63, 3.8) is 0 Å². The molecule has 0 spiro atoms. The number of fused-ring (bicyclic) bond motifs is 1. The molecule has 0 radical (unpaired) electrons. The van der Waals surface area contributed by atoms with Crippen molar-refractivity contribution in [2.24, 2.45) is 0 Å². The van der Waals surface area contributed by atoms with Gasteiger partial charge in [0.25, 0.3) is 0 Å². The molecule has 0 bridgehead atoms. The fraction of sp³-hybridized carbons (Fsp3) is 0.235. The highest BCUT2D eigenvalue weighted by Gasteiger charge is 2.49. The zero-order chi connectivity index (χ0) is 16.8. The van der Waals surface area contributed by atoms with E-state index >= 15 is 0 Å². The van der Waals surface area contributed by atoms with E-state index in [1.54, 1.807) is 25.1 Å². The topological polar surface area (TPSA) is 54.5 Å². The number of carbonyl (C=O) groups is 1. The van der Waals surface area contributed by atoms with Crippen LogP contribution in [-0.2, 0) is 20.0 Å². The third-order valence-corrected chi connectivity index (χ3v) is 6.22. The van der Waals surface area contributed by atoms with Crippen LogP contribution in [0.5, 0.6) is 0 Å². The van der Waals surface area contributed by atoms with E-state index in [1.807, 2.05) is 0 Å². The molecule has 6 heteroatoms. The lowest BCUT2D eigenvalue weighted by Gasteiger charge is -2.23. The molecule has 23 heavy (non-hydrogen) atoms. The molecule has 2 aromatic rings. The molecule has 0 aliphatic carbocycles. The van der Waals surface area contributed by atoms with Gasteiger partial charge < -0.3 is 4.90 Å². The minimum absolute atomic E-state index is 0.173. The number of benzene rings is 2. The van der Waals surface area contributed by atoms with Gasteiger partial charge in [-0.25, -0.2) is 12.8 Å². The first-order chi connectivity index (χ1) is 10.8. The van der Waals surface area contributed by atoms with Crippen LogP contribution < -0.4 is 4.90 Å². The maximum absolute atomic E-state index is 13.5. The van der Waals surface area contributed by atoms with E-state index in [0.717, 1.165) is 0 Å². The first kappa shape index (κ1) is 15.7. The normalized spacial score (nSPS) is 20.7. The average Bonchev–Trinajstić information content (AvgIpc) is 2.69. The van der Waals surface area contributed by atoms with E-state index < -0.39 is 21.1 Å². The van der Waals surface area contributed by atoms with E-state index in [2.05, 4.69) is 0 Å². The second kappa shape index (κ2) is 5.16. The van der Waals surface area contributed by atoms with Crippen LogP contribution in [0.4, 0.5) is 10.1 Å². The summed E-state index contributed by atoms with van der Waals surface area (Å²) in [7, 11) is -2.12. The number of nitrogens with zero attached hydrogens (tertiary/aromatic N) is 1. The number of halogens is 1. The van der Waals surface area contributed by atoms with Gasteiger partial charge in [-0.3, -0.25) is 4.79 Å². The monoisotopic (exact) mass is 333 g/mol. The molecule has 0 saturated heterocycles. The van der Waals surface area contributed by atoms with Gasteiger partial charge >= 0.3 is 0 Å². The second-order valence-electron chi connectivity index (χ2n) is 5.93. The summed E-state index contributed by atoms with van der Waals surface area (Å²) in [6.45, 7) is 1.59. The van der Waals surface area contributed by atoms with E-state index in [-0.39, 0.29) is 16.6 Å². The van der Waals surface area contributed by atoms with E-state index in [0.29, 0.717) is 11.3 Å². The second-order valence-corrected chi connectivity index (χ2v) is 7.92. The lowest BCUT2D eigenvalue weighted by molar-refractivity contribution is -0.121. The molecule has 3 rings (SSSR count). The van der Waals surface area contributed by atoms with Crippen LogP contribution in [0.25, 0.3) is 0 Å². The van der Waals surface area contributed by atoms with Gasteiger partial charge in [-0.2, -0.15) is 0 Å². The van der Waals surface area contributed by atoms with Crippen molar-refractivity contribution >= 4 is 21.4 Å². The van der Waals surface area contributed by atoms with Crippen LogP contribution in [0.1, 0.15) is 12.5 Å². The van der Waals surface area contributed by atoms with Crippen LogP contribution in [0.2, 0.25) is 0 Å². The summed E-state index contributed by atoms with van der Waals surface area (Å²) in [4.78, 5) is 14.1.